The lowest BCUT2D eigenvalue weighted by Gasteiger charge is -2.23. The van der Waals surface area contributed by atoms with E-state index in [4.69, 9.17) is 23.2 Å². The molecule has 0 aliphatic carbocycles. The Morgan fingerprint density at radius 1 is 1.67 bits per heavy atom. The number of alkyl halides is 1. The van der Waals surface area contributed by atoms with Crippen LogP contribution in [0.4, 0.5) is 11.5 Å². The number of hydrogen-bond acceptors (Lipinski definition) is 3. The average Bonchev–Trinajstić information content (AvgIpc) is 2.78. The van der Waals surface area contributed by atoms with Crippen LogP contribution in [0, 0.1) is 0 Å². The molecule has 0 radical (unpaired) electrons. The standard InChI is InChI=1S/C12H15Cl2N3O/c1-8-3-2-4-17(8)11-5-10(9(14)7-15-11)16-12(18)6-13/h5,7-8H,2-4,6H2,1H3,(H,15,16,18)/t8-/m1/s1. The maximum atomic E-state index is 11.3. The molecule has 1 amide bonds. The van der Waals surface area contributed by atoms with Gasteiger partial charge in [-0.05, 0) is 19.8 Å². The van der Waals surface area contributed by atoms with E-state index >= 15 is 0 Å². The summed E-state index contributed by atoms with van der Waals surface area (Å²) in [5.41, 5.74) is 0.561. The number of rotatable bonds is 3. The molecule has 98 valence electrons. The minimum absolute atomic E-state index is 0.0892. The van der Waals surface area contributed by atoms with Crippen LogP contribution in [0.1, 0.15) is 19.8 Å². The molecule has 1 saturated heterocycles. The van der Waals surface area contributed by atoms with Gasteiger partial charge in [-0.3, -0.25) is 4.79 Å². The molecule has 1 aromatic rings. The number of nitrogens with one attached hydrogen (secondary N) is 1. The Bertz CT molecular complexity index is 453. The quantitative estimate of drug-likeness (QED) is 0.870. The Labute approximate surface area is 116 Å². The lowest BCUT2D eigenvalue weighted by atomic mass is 10.2. The molecule has 1 aliphatic rings. The topological polar surface area (TPSA) is 45.2 Å². The van der Waals surface area contributed by atoms with Crippen LogP contribution in [0.5, 0.6) is 0 Å². The summed E-state index contributed by atoms with van der Waals surface area (Å²) in [6.45, 7) is 3.15. The Kier molecular flexibility index (Phi) is 4.30. The minimum Gasteiger partial charge on any atom is -0.354 e. The largest absolute Gasteiger partial charge is 0.354 e. The number of carbonyl (C=O) groups is 1. The van der Waals surface area contributed by atoms with Gasteiger partial charge in [0.25, 0.3) is 0 Å². The number of carbonyl (C=O) groups excluding carboxylic acids is 1. The second kappa shape index (κ2) is 5.76. The highest BCUT2D eigenvalue weighted by Gasteiger charge is 2.22. The van der Waals surface area contributed by atoms with Gasteiger partial charge in [0.1, 0.15) is 11.7 Å². The van der Waals surface area contributed by atoms with Gasteiger partial charge in [0.05, 0.1) is 16.9 Å². The summed E-state index contributed by atoms with van der Waals surface area (Å²) >= 11 is 11.5. The monoisotopic (exact) mass is 287 g/mol. The Hall–Kier alpha value is -1.00. The molecule has 0 bridgehead atoms. The van der Waals surface area contributed by atoms with Crippen molar-refractivity contribution in [3.8, 4) is 0 Å². The van der Waals surface area contributed by atoms with Crippen molar-refractivity contribution in [2.45, 2.75) is 25.8 Å². The lowest BCUT2D eigenvalue weighted by Crippen LogP contribution is -2.27. The van der Waals surface area contributed by atoms with E-state index in [-0.39, 0.29) is 11.8 Å². The molecular formula is C12H15Cl2N3O. The van der Waals surface area contributed by atoms with Gasteiger partial charge in [-0.15, -0.1) is 11.6 Å². The van der Waals surface area contributed by atoms with E-state index in [1.807, 2.05) is 0 Å². The van der Waals surface area contributed by atoms with Gasteiger partial charge in [0.15, 0.2) is 0 Å². The van der Waals surface area contributed by atoms with Crippen molar-refractivity contribution in [3.63, 3.8) is 0 Å². The average molecular weight is 288 g/mol. The van der Waals surface area contributed by atoms with Crippen molar-refractivity contribution in [1.82, 2.24) is 4.98 Å². The van der Waals surface area contributed by atoms with Crippen molar-refractivity contribution < 1.29 is 4.79 Å². The number of nitrogens with zero attached hydrogens (tertiary/aromatic N) is 2. The first-order valence-electron chi connectivity index (χ1n) is 5.90. The second-order valence-corrected chi connectivity index (χ2v) is 5.06. The van der Waals surface area contributed by atoms with Gasteiger partial charge >= 0.3 is 0 Å². The first kappa shape index (κ1) is 13.4. The van der Waals surface area contributed by atoms with Crippen LogP contribution in [0.2, 0.25) is 5.02 Å². The van der Waals surface area contributed by atoms with E-state index in [0.29, 0.717) is 16.8 Å². The van der Waals surface area contributed by atoms with Crippen LogP contribution in [-0.2, 0) is 4.79 Å². The zero-order valence-electron chi connectivity index (χ0n) is 10.1. The van der Waals surface area contributed by atoms with E-state index in [2.05, 4.69) is 22.1 Å². The van der Waals surface area contributed by atoms with Gasteiger partial charge in [-0.2, -0.15) is 0 Å². The molecule has 1 aromatic heterocycles. The maximum absolute atomic E-state index is 11.3. The zero-order chi connectivity index (χ0) is 13.1. The smallest absolute Gasteiger partial charge is 0.239 e. The second-order valence-electron chi connectivity index (χ2n) is 4.39. The highest BCUT2D eigenvalue weighted by molar-refractivity contribution is 6.34. The molecule has 0 saturated carbocycles. The van der Waals surface area contributed by atoms with Crippen molar-refractivity contribution in [3.05, 3.63) is 17.3 Å². The third kappa shape index (κ3) is 2.87. The van der Waals surface area contributed by atoms with Crippen LogP contribution in [0.15, 0.2) is 12.3 Å². The third-order valence-corrected chi connectivity index (χ3v) is 3.63. The normalized spacial score (nSPS) is 19.1. The summed E-state index contributed by atoms with van der Waals surface area (Å²) in [4.78, 5) is 17.8. The Morgan fingerprint density at radius 2 is 2.44 bits per heavy atom. The van der Waals surface area contributed by atoms with E-state index in [1.165, 1.54) is 0 Å². The highest BCUT2D eigenvalue weighted by Crippen LogP contribution is 2.29. The predicted octanol–water partition coefficient (Wildman–Crippen LogP) is 2.90. The van der Waals surface area contributed by atoms with Crippen molar-refractivity contribution in [2.24, 2.45) is 0 Å². The van der Waals surface area contributed by atoms with Crippen LogP contribution < -0.4 is 10.2 Å². The van der Waals surface area contributed by atoms with Gasteiger partial charge in [-0.1, -0.05) is 11.6 Å². The summed E-state index contributed by atoms with van der Waals surface area (Å²) in [6, 6.07) is 2.27. The number of amides is 1. The molecule has 0 unspecified atom stereocenters. The lowest BCUT2D eigenvalue weighted by molar-refractivity contribution is -0.113. The van der Waals surface area contributed by atoms with Gasteiger partial charge in [0, 0.05) is 18.7 Å². The van der Waals surface area contributed by atoms with Crippen molar-refractivity contribution in [1.29, 1.82) is 0 Å². The first-order valence-corrected chi connectivity index (χ1v) is 6.81. The van der Waals surface area contributed by atoms with Crippen LogP contribution in [0.25, 0.3) is 0 Å². The van der Waals surface area contributed by atoms with E-state index in [0.717, 1.165) is 25.2 Å². The van der Waals surface area contributed by atoms with Crippen LogP contribution in [-0.4, -0.2) is 29.4 Å². The van der Waals surface area contributed by atoms with Crippen molar-refractivity contribution >= 4 is 40.6 Å². The fourth-order valence-electron chi connectivity index (χ4n) is 2.14. The minimum atomic E-state index is -0.273. The van der Waals surface area contributed by atoms with E-state index in [9.17, 15) is 4.79 Å². The number of pyridine rings is 1. The molecule has 1 fully saturated rings. The number of hydrogen-bond donors (Lipinski definition) is 1. The summed E-state index contributed by atoms with van der Waals surface area (Å²) in [6.07, 6.45) is 3.88. The first-order chi connectivity index (χ1) is 8.61. The molecule has 1 N–H and O–H groups in total. The number of anilines is 2. The molecule has 1 atom stereocenters. The maximum Gasteiger partial charge on any atom is 0.239 e. The SMILES string of the molecule is C[C@@H]1CCCN1c1cc(NC(=O)CCl)c(Cl)cn1. The fraction of sp³-hybridized carbons (Fsp3) is 0.500. The molecule has 1 aliphatic heterocycles. The predicted molar refractivity (Wildman–Crippen MR) is 74.6 cm³/mol. The van der Waals surface area contributed by atoms with Crippen LogP contribution in [0.3, 0.4) is 0 Å². The molecule has 0 spiro atoms. The molecule has 2 heterocycles. The third-order valence-electron chi connectivity index (χ3n) is 3.08. The summed E-state index contributed by atoms with van der Waals surface area (Å²) in [5.74, 6) is 0.480. The Balaban J connectivity index is 2.23. The van der Waals surface area contributed by atoms with Crippen LogP contribution >= 0.6 is 23.2 Å². The molecular weight excluding hydrogens is 273 g/mol. The summed E-state index contributed by atoms with van der Waals surface area (Å²) in [7, 11) is 0. The van der Waals surface area contributed by atoms with Crippen molar-refractivity contribution in [2.75, 3.05) is 22.6 Å². The highest BCUT2D eigenvalue weighted by atomic mass is 35.5. The Morgan fingerprint density at radius 3 is 3.06 bits per heavy atom. The summed E-state index contributed by atoms with van der Waals surface area (Å²) in [5, 5.41) is 3.09. The molecule has 4 nitrogen and oxygen atoms in total. The van der Waals surface area contributed by atoms with E-state index < -0.39 is 0 Å². The van der Waals surface area contributed by atoms with Gasteiger partial charge in [-0.25, -0.2) is 4.98 Å². The molecule has 0 aromatic carbocycles. The number of aromatic nitrogens is 1. The zero-order valence-corrected chi connectivity index (χ0v) is 11.6. The fourth-order valence-corrected chi connectivity index (χ4v) is 2.36. The molecule has 6 heteroatoms. The number of halogens is 2. The van der Waals surface area contributed by atoms with E-state index in [1.54, 1.807) is 12.3 Å². The molecule has 2 rings (SSSR count). The van der Waals surface area contributed by atoms with Gasteiger partial charge in [0.2, 0.25) is 5.91 Å². The summed E-state index contributed by atoms with van der Waals surface area (Å²) < 4.78 is 0. The molecule has 18 heavy (non-hydrogen) atoms. The van der Waals surface area contributed by atoms with Gasteiger partial charge < -0.3 is 10.2 Å².